The van der Waals surface area contributed by atoms with Gasteiger partial charge >= 0.3 is 5.97 Å². The van der Waals surface area contributed by atoms with Crippen molar-refractivity contribution < 1.29 is 28.2 Å². The normalized spacial score (nSPS) is 14.3. The molecule has 1 N–H and O–H groups in total. The number of halogens is 4. The van der Waals surface area contributed by atoms with Crippen molar-refractivity contribution in [2.75, 3.05) is 38.2 Å². The first-order valence-corrected chi connectivity index (χ1v) is 10.0. The molecule has 12 heteroatoms. The second-order valence-corrected chi connectivity index (χ2v) is 7.71. The Hall–Kier alpha value is -2.59. The molecule has 1 fully saturated rings. The van der Waals surface area contributed by atoms with Gasteiger partial charge in [-0.1, -0.05) is 23.2 Å². The van der Waals surface area contributed by atoms with Gasteiger partial charge in [0.05, 0.1) is 34.1 Å². The van der Waals surface area contributed by atoms with Gasteiger partial charge < -0.3 is 19.6 Å². The van der Waals surface area contributed by atoms with Gasteiger partial charge in [-0.3, -0.25) is 9.48 Å². The molecule has 1 aromatic heterocycles. The van der Waals surface area contributed by atoms with Crippen molar-refractivity contribution >= 4 is 40.8 Å². The van der Waals surface area contributed by atoms with Gasteiger partial charge in [-0.05, 0) is 13.0 Å². The standard InChI is InChI=1S/C19H20Cl2F2N4O4/c1-10-16(21)17(18(22)23)24-27(10)9-15(28)26-5-3-25(4-6-26)13-8-14(31-2)12(20)7-11(13)19(29)30/h7-8,18H,3-6,9H2,1-2H3,(H,29,30). The number of anilines is 1. The van der Waals surface area contributed by atoms with E-state index in [-0.39, 0.29) is 28.1 Å². The van der Waals surface area contributed by atoms with Gasteiger partial charge in [0, 0.05) is 32.2 Å². The fourth-order valence-electron chi connectivity index (χ4n) is 3.40. The molecule has 31 heavy (non-hydrogen) atoms. The van der Waals surface area contributed by atoms with Gasteiger partial charge in [-0.25, -0.2) is 13.6 Å². The quantitative estimate of drug-likeness (QED) is 0.686. The molecule has 8 nitrogen and oxygen atoms in total. The number of hydrogen-bond acceptors (Lipinski definition) is 5. The summed E-state index contributed by atoms with van der Waals surface area (Å²) in [6.07, 6.45) is -2.83. The highest BCUT2D eigenvalue weighted by atomic mass is 35.5. The van der Waals surface area contributed by atoms with Crippen molar-refractivity contribution in [2.24, 2.45) is 0 Å². The van der Waals surface area contributed by atoms with Crippen LogP contribution in [0.2, 0.25) is 10.0 Å². The smallest absolute Gasteiger partial charge is 0.337 e. The van der Waals surface area contributed by atoms with Crippen LogP contribution in [0.25, 0.3) is 0 Å². The second-order valence-electron chi connectivity index (χ2n) is 6.92. The Kier molecular flexibility index (Phi) is 6.90. The van der Waals surface area contributed by atoms with Crippen LogP contribution in [0.15, 0.2) is 12.1 Å². The monoisotopic (exact) mass is 476 g/mol. The molecule has 0 atom stereocenters. The van der Waals surface area contributed by atoms with Crippen LogP contribution in [0.5, 0.6) is 5.75 Å². The maximum Gasteiger partial charge on any atom is 0.337 e. The van der Waals surface area contributed by atoms with E-state index in [2.05, 4.69) is 5.10 Å². The number of methoxy groups -OCH3 is 1. The van der Waals surface area contributed by atoms with Crippen molar-refractivity contribution in [2.45, 2.75) is 19.9 Å². The molecule has 168 valence electrons. The predicted molar refractivity (Wildman–Crippen MR) is 111 cm³/mol. The lowest BCUT2D eigenvalue weighted by Gasteiger charge is -2.37. The molecule has 1 aromatic carbocycles. The maximum atomic E-state index is 13.0. The van der Waals surface area contributed by atoms with E-state index in [1.54, 1.807) is 11.0 Å². The lowest BCUT2D eigenvalue weighted by atomic mass is 10.1. The number of rotatable bonds is 6. The van der Waals surface area contributed by atoms with E-state index >= 15 is 0 Å². The largest absolute Gasteiger partial charge is 0.495 e. The number of carboxylic acid groups (broad SMARTS) is 1. The Morgan fingerprint density at radius 2 is 1.87 bits per heavy atom. The average Bonchev–Trinajstić information content (AvgIpc) is 3.02. The SMILES string of the molecule is COc1cc(N2CCN(C(=O)Cn3nc(C(F)F)c(Cl)c3C)CC2)c(C(=O)O)cc1Cl. The molecule has 0 spiro atoms. The molecule has 0 saturated carbocycles. The Morgan fingerprint density at radius 1 is 1.23 bits per heavy atom. The van der Waals surface area contributed by atoms with Crippen LogP contribution in [0, 0.1) is 6.92 Å². The number of aromatic nitrogens is 2. The number of alkyl halides is 2. The number of carboxylic acids is 1. The van der Waals surface area contributed by atoms with Crippen LogP contribution in [-0.4, -0.2) is 65.0 Å². The van der Waals surface area contributed by atoms with E-state index in [0.29, 0.717) is 43.3 Å². The fourth-order valence-corrected chi connectivity index (χ4v) is 3.86. The van der Waals surface area contributed by atoms with Crippen molar-refractivity contribution in [3.05, 3.63) is 39.1 Å². The van der Waals surface area contributed by atoms with Gasteiger partial charge in [-0.15, -0.1) is 0 Å². The first-order chi connectivity index (χ1) is 14.6. The van der Waals surface area contributed by atoms with Gasteiger partial charge in [0.15, 0.2) is 0 Å². The summed E-state index contributed by atoms with van der Waals surface area (Å²) in [6, 6.07) is 2.89. The number of aromatic carboxylic acids is 1. The molecule has 1 aliphatic rings. The number of ether oxygens (including phenoxy) is 1. The van der Waals surface area contributed by atoms with Crippen LogP contribution < -0.4 is 9.64 Å². The number of nitrogens with zero attached hydrogens (tertiary/aromatic N) is 4. The van der Waals surface area contributed by atoms with E-state index < -0.39 is 18.1 Å². The molecule has 0 radical (unpaired) electrons. The first kappa shape index (κ1) is 23.1. The number of carbonyl (C=O) groups excluding carboxylic acids is 1. The van der Waals surface area contributed by atoms with Gasteiger partial charge in [0.1, 0.15) is 18.0 Å². The Bertz CT molecular complexity index is 1010. The number of hydrogen-bond donors (Lipinski definition) is 1. The third kappa shape index (κ3) is 4.69. The van der Waals surface area contributed by atoms with Crippen molar-refractivity contribution in [1.82, 2.24) is 14.7 Å². The molecular formula is C19H20Cl2F2N4O4. The van der Waals surface area contributed by atoms with E-state index in [1.807, 2.05) is 4.90 Å². The minimum absolute atomic E-state index is 0.0342. The highest BCUT2D eigenvalue weighted by molar-refractivity contribution is 6.32. The van der Waals surface area contributed by atoms with Crippen LogP contribution in [0.3, 0.4) is 0 Å². The zero-order valence-electron chi connectivity index (χ0n) is 16.7. The van der Waals surface area contributed by atoms with Crippen molar-refractivity contribution in [1.29, 1.82) is 0 Å². The minimum Gasteiger partial charge on any atom is -0.495 e. The molecular weight excluding hydrogens is 457 g/mol. The molecule has 2 heterocycles. The fraction of sp³-hybridized carbons (Fsp3) is 0.421. The van der Waals surface area contributed by atoms with Crippen LogP contribution in [-0.2, 0) is 11.3 Å². The maximum absolute atomic E-state index is 13.0. The van der Waals surface area contributed by atoms with Gasteiger partial charge in [0.2, 0.25) is 5.91 Å². The van der Waals surface area contributed by atoms with E-state index in [0.717, 1.165) is 0 Å². The third-order valence-corrected chi connectivity index (χ3v) is 5.89. The zero-order chi connectivity index (χ0) is 22.9. The molecule has 0 bridgehead atoms. The third-order valence-electron chi connectivity index (χ3n) is 5.12. The Labute approximate surface area is 186 Å². The van der Waals surface area contributed by atoms with E-state index in [4.69, 9.17) is 27.9 Å². The van der Waals surface area contributed by atoms with Crippen LogP contribution in [0.1, 0.15) is 28.2 Å². The summed E-state index contributed by atoms with van der Waals surface area (Å²) < 4.78 is 32.3. The second kappa shape index (κ2) is 9.27. The summed E-state index contributed by atoms with van der Waals surface area (Å²) in [5.41, 5.74) is 0.224. The molecule has 1 saturated heterocycles. The highest BCUT2D eigenvalue weighted by Crippen LogP contribution is 2.34. The molecule has 1 aliphatic heterocycles. The number of carbonyl (C=O) groups is 2. The summed E-state index contributed by atoms with van der Waals surface area (Å²) in [5, 5.41) is 13.3. The predicted octanol–water partition coefficient (Wildman–Crippen LogP) is 3.49. The van der Waals surface area contributed by atoms with Gasteiger partial charge in [0.25, 0.3) is 6.43 Å². The molecule has 2 aromatic rings. The number of amides is 1. The molecule has 0 aliphatic carbocycles. The topological polar surface area (TPSA) is 87.9 Å². The Morgan fingerprint density at radius 3 is 2.39 bits per heavy atom. The van der Waals surface area contributed by atoms with Crippen molar-refractivity contribution in [3.63, 3.8) is 0 Å². The zero-order valence-corrected chi connectivity index (χ0v) is 18.3. The average molecular weight is 477 g/mol. The summed E-state index contributed by atoms with van der Waals surface area (Å²) in [6.45, 7) is 2.69. The number of piperazine rings is 1. The van der Waals surface area contributed by atoms with E-state index in [9.17, 15) is 23.5 Å². The van der Waals surface area contributed by atoms with E-state index in [1.165, 1.54) is 24.8 Å². The summed E-state index contributed by atoms with van der Waals surface area (Å²) in [7, 11) is 1.44. The Balaban J connectivity index is 1.71. The number of benzene rings is 1. The van der Waals surface area contributed by atoms with Crippen molar-refractivity contribution in [3.8, 4) is 5.75 Å². The minimum atomic E-state index is -2.83. The van der Waals surface area contributed by atoms with Crippen LogP contribution >= 0.6 is 23.2 Å². The van der Waals surface area contributed by atoms with Gasteiger partial charge in [-0.2, -0.15) is 5.10 Å². The summed E-state index contributed by atoms with van der Waals surface area (Å²) in [4.78, 5) is 27.7. The first-order valence-electron chi connectivity index (χ1n) is 9.28. The lowest BCUT2D eigenvalue weighted by Crippen LogP contribution is -2.50. The highest BCUT2D eigenvalue weighted by Gasteiger charge is 2.27. The summed E-state index contributed by atoms with van der Waals surface area (Å²) >= 11 is 11.9. The van der Waals surface area contributed by atoms with Crippen LogP contribution in [0.4, 0.5) is 14.5 Å². The molecule has 0 unspecified atom stereocenters. The molecule has 1 amide bonds. The summed E-state index contributed by atoms with van der Waals surface area (Å²) in [5.74, 6) is -1.07. The molecule has 3 rings (SSSR count). The lowest BCUT2D eigenvalue weighted by molar-refractivity contribution is -0.132.